The quantitative estimate of drug-likeness (QED) is 0.752. The Morgan fingerprint density at radius 2 is 2.14 bits per heavy atom. The molecule has 0 aliphatic carbocycles. The minimum atomic E-state index is -3.43. The lowest BCUT2D eigenvalue weighted by atomic mass is 10.1. The van der Waals surface area contributed by atoms with Crippen LogP contribution in [0.2, 0.25) is 0 Å². The van der Waals surface area contributed by atoms with Crippen LogP contribution in [0, 0.1) is 5.92 Å². The summed E-state index contributed by atoms with van der Waals surface area (Å²) in [6.45, 7) is 5.73. The van der Waals surface area contributed by atoms with E-state index < -0.39 is 10.0 Å². The van der Waals surface area contributed by atoms with Crippen LogP contribution in [-0.4, -0.2) is 32.4 Å². The molecule has 1 unspecified atom stereocenters. The molecule has 1 fully saturated rings. The van der Waals surface area contributed by atoms with Gasteiger partial charge in [0.2, 0.25) is 10.0 Å². The van der Waals surface area contributed by atoms with Crippen LogP contribution >= 0.6 is 11.6 Å². The normalized spacial score (nSPS) is 19.9. The molecule has 0 radical (unpaired) electrons. The minimum Gasteiger partial charge on any atom is -0.494 e. The number of hydrogen-bond donors (Lipinski definition) is 0. The summed E-state index contributed by atoms with van der Waals surface area (Å²) >= 11 is 5.91. The molecule has 0 spiro atoms. The molecule has 0 saturated carbocycles. The molecule has 118 valence electrons. The van der Waals surface area contributed by atoms with Gasteiger partial charge in [-0.15, -0.1) is 11.6 Å². The first-order valence-electron chi connectivity index (χ1n) is 7.34. The molecular formula is C15H22ClNO3S. The van der Waals surface area contributed by atoms with Crippen molar-refractivity contribution in [2.75, 3.05) is 19.7 Å². The van der Waals surface area contributed by atoms with E-state index in [-0.39, 0.29) is 5.88 Å². The van der Waals surface area contributed by atoms with Gasteiger partial charge in [-0.25, -0.2) is 8.42 Å². The van der Waals surface area contributed by atoms with Crippen molar-refractivity contribution in [3.8, 4) is 5.75 Å². The van der Waals surface area contributed by atoms with Crippen molar-refractivity contribution < 1.29 is 13.2 Å². The Hall–Kier alpha value is -0.780. The first-order chi connectivity index (χ1) is 10.0. The van der Waals surface area contributed by atoms with E-state index in [9.17, 15) is 8.42 Å². The molecule has 0 bridgehead atoms. The summed E-state index contributed by atoms with van der Waals surface area (Å²) in [4.78, 5) is 0.304. The van der Waals surface area contributed by atoms with E-state index in [1.54, 1.807) is 22.5 Å². The molecule has 4 nitrogen and oxygen atoms in total. The molecule has 1 aromatic carbocycles. The van der Waals surface area contributed by atoms with Gasteiger partial charge in [0, 0.05) is 18.7 Å². The monoisotopic (exact) mass is 331 g/mol. The summed E-state index contributed by atoms with van der Waals surface area (Å²) < 4.78 is 32.4. The van der Waals surface area contributed by atoms with Crippen LogP contribution in [0.1, 0.15) is 32.3 Å². The van der Waals surface area contributed by atoms with Crippen LogP contribution in [0.25, 0.3) is 0 Å². The van der Waals surface area contributed by atoms with E-state index in [4.69, 9.17) is 16.3 Å². The summed E-state index contributed by atoms with van der Waals surface area (Å²) in [6, 6.07) is 4.93. The molecule has 0 aromatic heterocycles. The van der Waals surface area contributed by atoms with Crippen LogP contribution in [-0.2, 0) is 15.9 Å². The maximum Gasteiger partial charge on any atom is 0.243 e. The van der Waals surface area contributed by atoms with E-state index >= 15 is 0 Å². The SMILES string of the molecule is CCOc1ccc(S(=O)(=O)N2CCC(CC)C2)cc1CCl. The highest BCUT2D eigenvalue weighted by Crippen LogP contribution is 2.29. The van der Waals surface area contributed by atoms with E-state index in [1.165, 1.54) is 0 Å². The molecule has 1 aliphatic rings. The number of benzene rings is 1. The highest BCUT2D eigenvalue weighted by molar-refractivity contribution is 7.89. The van der Waals surface area contributed by atoms with Gasteiger partial charge >= 0.3 is 0 Å². The summed E-state index contributed by atoms with van der Waals surface area (Å²) in [5, 5.41) is 0. The Morgan fingerprint density at radius 1 is 1.38 bits per heavy atom. The van der Waals surface area contributed by atoms with Gasteiger partial charge in [-0.05, 0) is 37.5 Å². The van der Waals surface area contributed by atoms with E-state index in [0.717, 1.165) is 12.8 Å². The van der Waals surface area contributed by atoms with Crippen molar-refractivity contribution in [3.63, 3.8) is 0 Å². The third kappa shape index (κ3) is 3.52. The van der Waals surface area contributed by atoms with Crippen LogP contribution in [0.15, 0.2) is 23.1 Å². The second kappa shape index (κ2) is 6.99. The molecule has 1 heterocycles. The first-order valence-corrected chi connectivity index (χ1v) is 9.32. The zero-order valence-electron chi connectivity index (χ0n) is 12.5. The Balaban J connectivity index is 2.28. The van der Waals surface area contributed by atoms with Crippen molar-refractivity contribution >= 4 is 21.6 Å². The third-order valence-corrected chi connectivity index (χ3v) is 6.09. The van der Waals surface area contributed by atoms with E-state index in [2.05, 4.69) is 6.92 Å². The molecular weight excluding hydrogens is 310 g/mol. The molecule has 6 heteroatoms. The van der Waals surface area contributed by atoms with Gasteiger partial charge in [0.05, 0.1) is 17.4 Å². The van der Waals surface area contributed by atoms with Gasteiger partial charge in [-0.3, -0.25) is 0 Å². The van der Waals surface area contributed by atoms with Crippen molar-refractivity contribution in [1.29, 1.82) is 0 Å². The zero-order chi connectivity index (χ0) is 15.5. The fourth-order valence-electron chi connectivity index (χ4n) is 2.61. The summed E-state index contributed by atoms with van der Waals surface area (Å²) in [7, 11) is -3.43. The lowest BCUT2D eigenvalue weighted by molar-refractivity contribution is 0.337. The first kappa shape index (κ1) is 16.6. The smallest absolute Gasteiger partial charge is 0.243 e. The highest BCUT2D eigenvalue weighted by atomic mass is 35.5. The largest absolute Gasteiger partial charge is 0.494 e. The number of nitrogens with zero attached hydrogens (tertiary/aromatic N) is 1. The average molecular weight is 332 g/mol. The Labute approximate surface area is 132 Å². The second-order valence-electron chi connectivity index (χ2n) is 5.26. The Morgan fingerprint density at radius 3 is 2.71 bits per heavy atom. The van der Waals surface area contributed by atoms with Crippen molar-refractivity contribution in [2.45, 2.75) is 37.5 Å². The zero-order valence-corrected chi connectivity index (χ0v) is 14.1. The molecule has 21 heavy (non-hydrogen) atoms. The lowest BCUT2D eigenvalue weighted by Gasteiger charge is -2.18. The number of alkyl halides is 1. The van der Waals surface area contributed by atoms with Gasteiger partial charge in [0.25, 0.3) is 0 Å². The summed E-state index contributed by atoms with van der Waals surface area (Å²) in [5.41, 5.74) is 0.714. The number of ether oxygens (including phenoxy) is 1. The molecule has 0 N–H and O–H groups in total. The number of rotatable bonds is 6. The second-order valence-corrected chi connectivity index (χ2v) is 7.47. The van der Waals surface area contributed by atoms with Crippen molar-refractivity contribution in [3.05, 3.63) is 23.8 Å². The molecule has 1 aliphatic heterocycles. The van der Waals surface area contributed by atoms with Crippen LogP contribution in [0.3, 0.4) is 0 Å². The molecule has 0 amide bonds. The maximum absolute atomic E-state index is 12.7. The number of sulfonamides is 1. The third-order valence-electron chi connectivity index (χ3n) is 3.94. The van der Waals surface area contributed by atoms with Crippen molar-refractivity contribution in [1.82, 2.24) is 4.31 Å². The fraction of sp³-hybridized carbons (Fsp3) is 0.600. The average Bonchev–Trinajstić information content (AvgIpc) is 2.97. The number of hydrogen-bond acceptors (Lipinski definition) is 3. The fourth-order valence-corrected chi connectivity index (χ4v) is 4.41. The van der Waals surface area contributed by atoms with Gasteiger partial charge in [-0.1, -0.05) is 13.3 Å². The molecule has 1 aromatic rings. The lowest BCUT2D eigenvalue weighted by Crippen LogP contribution is -2.29. The Bertz CT molecular complexity index is 589. The predicted molar refractivity (Wildman–Crippen MR) is 84.3 cm³/mol. The summed E-state index contributed by atoms with van der Waals surface area (Å²) in [6.07, 6.45) is 1.96. The topological polar surface area (TPSA) is 46.6 Å². The van der Waals surface area contributed by atoms with Crippen LogP contribution < -0.4 is 4.74 Å². The Kier molecular flexibility index (Phi) is 5.52. The molecule has 2 rings (SSSR count). The van der Waals surface area contributed by atoms with Crippen LogP contribution in [0.5, 0.6) is 5.75 Å². The van der Waals surface area contributed by atoms with Gasteiger partial charge in [-0.2, -0.15) is 4.31 Å². The molecule has 1 atom stereocenters. The number of halogens is 1. The summed E-state index contributed by atoms with van der Waals surface area (Å²) in [5.74, 6) is 1.35. The van der Waals surface area contributed by atoms with Crippen LogP contribution in [0.4, 0.5) is 0 Å². The van der Waals surface area contributed by atoms with Gasteiger partial charge < -0.3 is 4.74 Å². The minimum absolute atomic E-state index is 0.232. The van der Waals surface area contributed by atoms with E-state index in [0.29, 0.717) is 41.8 Å². The van der Waals surface area contributed by atoms with E-state index in [1.807, 2.05) is 6.92 Å². The van der Waals surface area contributed by atoms with Crippen molar-refractivity contribution in [2.24, 2.45) is 5.92 Å². The van der Waals surface area contributed by atoms with Gasteiger partial charge in [0.15, 0.2) is 0 Å². The highest BCUT2D eigenvalue weighted by Gasteiger charge is 2.32. The van der Waals surface area contributed by atoms with Gasteiger partial charge in [0.1, 0.15) is 5.75 Å². The maximum atomic E-state index is 12.7. The molecule has 1 saturated heterocycles. The predicted octanol–water partition coefficient (Wildman–Crippen LogP) is 3.24. The standard InChI is InChI=1S/C15H22ClNO3S/c1-3-12-7-8-17(11-12)21(18,19)14-5-6-15(20-4-2)13(9-14)10-16/h5-6,9,12H,3-4,7-8,10-11H2,1-2H3.